The SMILES string of the molecule is Cc1ccc(C)c(Cn2cc(C(=O)Nc3ccc(F)cc3)ccc2=O)c1. The van der Waals surface area contributed by atoms with Crippen LogP contribution in [0.1, 0.15) is 27.0 Å². The summed E-state index contributed by atoms with van der Waals surface area (Å²) in [4.78, 5) is 24.6. The van der Waals surface area contributed by atoms with Gasteiger partial charge in [0, 0.05) is 18.0 Å². The summed E-state index contributed by atoms with van der Waals surface area (Å²) in [7, 11) is 0. The predicted octanol–water partition coefficient (Wildman–Crippen LogP) is 3.90. The van der Waals surface area contributed by atoms with Gasteiger partial charge < -0.3 is 9.88 Å². The normalized spacial score (nSPS) is 10.6. The van der Waals surface area contributed by atoms with Crippen molar-refractivity contribution >= 4 is 11.6 Å². The van der Waals surface area contributed by atoms with E-state index >= 15 is 0 Å². The maximum atomic E-state index is 13.0. The second-order valence-corrected chi connectivity index (χ2v) is 6.27. The standard InChI is InChI=1S/C21H19FN2O2/c1-14-3-4-15(2)17(11-14)13-24-12-16(5-10-20(24)25)21(26)23-19-8-6-18(22)7-9-19/h3-12H,13H2,1-2H3,(H,23,26). The van der Waals surface area contributed by atoms with Gasteiger partial charge in [-0.2, -0.15) is 0 Å². The van der Waals surface area contributed by atoms with Gasteiger partial charge in [-0.25, -0.2) is 4.39 Å². The molecule has 0 spiro atoms. The number of rotatable bonds is 4. The summed E-state index contributed by atoms with van der Waals surface area (Å²) < 4.78 is 14.5. The second-order valence-electron chi connectivity index (χ2n) is 6.27. The van der Waals surface area contributed by atoms with E-state index in [9.17, 15) is 14.0 Å². The van der Waals surface area contributed by atoms with Crippen molar-refractivity contribution in [2.45, 2.75) is 20.4 Å². The Morgan fingerprint density at radius 2 is 1.77 bits per heavy atom. The predicted molar refractivity (Wildman–Crippen MR) is 100 cm³/mol. The fraction of sp³-hybridized carbons (Fsp3) is 0.143. The molecule has 4 nitrogen and oxygen atoms in total. The van der Waals surface area contributed by atoms with Crippen LogP contribution in [0.2, 0.25) is 0 Å². The molecule has 0 radical (unpaired) electrons. The lowest BCUT2D eigenvalue weighted by atomic mass is 10.1. The van der Waals surface area contributed by atoms with E-state index in [0.717, 1.165) is 16.7 Å². The Labute approximate surface area is 150 Å². The molecule has 0 bridgehead atoms. The first-order valence-corrected chi connectivity index (χ1v) is 8.26. The van der Waals surface area contributed by atoms with Crippen LogP contribution in [0.4, 0.5) is 10.1 Å². The third-order valence-electron chi connectivity index (χ3n) is 4.19. The van der Waals surface area contributed by atoms with Crippen LogP contribution in [0.3, 0.4) is 0 Å². The van der Waals surface area contributed by atoms with Crippen molar-refractivity contribution in [2.75, 3.05) is 5.32 Å². The van der Waals surface area contributed by atoms with E-state index in [2.05, 4.69) is 5.32 Å². The van der Waals surface area contributed by atoms with E-state index in [0.29, 0.717) is 17.8 Å². The lowest BCUT2D eigenvalue weighted by molar-refractivity contribution is 0.102. The summed E-state index contributed by atoms with van der Waals surface area (Å²) in [6.07, 6.45) is 1.54. The van der Waals surface area contributed by atoms with Crippen LogP contribution >= 0.6 is 0 Å². The number of carbonyl (C=O) groups is 1. The molecule has 3 aromatic rings. The number of halogens is 1. The summed E-state index contributed by atoms with van der Waals surface area (Å²) in [6.45, 7) is 4.38. The van der Waals surface area contributed by atoms with Crippen molar-refractivity contribution in [1.82, 2.24) is 4.57 Å². The van der Waals surface area contributed by atoms with E-state index in [-0.39, 0.29) is 17.3 Å². The molecule has 0 aliphatic carbocycles. The van der Waals surface area contributed by atoms with Crippen LogP contribution in [0.25, 0.3) is 0 Å². The van der Waals surface area contributed by atoms with Gasteiger partial charge in [0.2, 0.25) is 0 Å². The van der Waals surface area contributed by atoms with Crippen molar-refractivity contribution in [3.05, 3.63) is 99.2 Å². The fourth-order valence-corrected chi connectivity index (χ4v) is 2.68. The first-order chi connectivity index (χ1) is 12.4. The first-order valence-electron chi connectivity index (χ1n) is 8.26. The lowest BCUT2D eigenvalue weighted by Gasteiger charge is -2.11. The van der Waals surface area contributed by atoms with Crippen LogP contribution in [-0.4, -0.2) is 10.5 Å². The van der Waals surface area contributed by atoms with Gasteiger partial charge in [-0.1, -0.05) is 23.8 Å². The number of amides is 1. The molecule has 26 heavy (non-hydrogen) atoms. The Balaban J connectivity index is 1.85. The van der Waals surface area contributed by atoms with Crippen LogP contribution < -0.4 is 10.9 Å². The maximum absolute atomic E-state index is 13.0. The fourth-order valence-electron chi connectivity index (χ4n) is 2.68. The zero-order chi connectivity index (χ0) is 18.7. The number of hydrogen-bond acceptors (Lipinski definition) is 2. The number of nitrogens with zero attached hydrogens (tertiary/aromatic N) is 1. The molecular weight excluding hydrogens is 331 g/mol. The summed E-state index contributed by atoms with van der Waals surface area (Å²) in [5, 5.41) is 2.70. The third-order valence-corrected chi connectivity index (χ3v) is 4.19. The van der Waals surface area contributed by atoms with Crippen LogP contribution in [0.15, 0.2) is 65.6 Å². The molecule has 1 heterocycles. The highest BCUT2D eigenvalue weighted by Crippen LogP contribution is 2.13. The van der Waals surface area contributed by atoms with Gasteiger partial charge in [-0.15, -0.1) is 0 Å². The summed E-state index contributed by atoms with van der Waals surface area (Å²) in [5.41, 5.74) is 3.91. The molecule has 1 N–H and O–H groups in total. The number of benzene rings is 2. The summed E-state index contributed by atoms with van der Waals surface area (Å²) in [5.74, 6) is -0.726. The van der Waals surface area contributed by atoms with Crippen molar-refractivity contribution in [3.63, 3.8) is 0 Å². The average molecular weight is 350 g/mol. The number of hydrogen-bond donors (Lipinski definition) is 1. The molecule has 0 unspecified atom stereocenters. The number of anilines is 1. The van der Waals surface area contributed by atoms with Gasteiger partial charge in [0.05, 0.1) is 12.1 Å². The number of carbonyl (C=O) groups excluding carboxylic acids is 1. The summed E-state index contributed by atoms with van der Waals surface area (Å²) >= 11 is 0. The van der Waals surface area contributed by atoms with Crippen LogP contribution in [0.5, 0.6) is 0 Å². The Kier molecular flexibility index (Phi) is 4.98. The monoisotopic (exact) mass is 350 g/mol. The van der Waals surface area contributed by atoms with Crippen molar-refractivity contribution < 1.29 is 9.18 Å². The maximum Gasteiger partial charge on any atom is 0.257 e. The number of nitrogens with one attached hydrogen (secondary N) is 1. The molecule has 1 amide bonds. The van der Waals surface area contributed by atoms with E-state index < -0.39 is 0 Å². The molecule has 132 valence electrons. The minimum atomic E-state index is -0.370. The highest BCUT2D eigenvalue weighted by molar-refractivity contribution is 6.04. The molecule has 0 aliphatic rings. The smallest absolute Gasteiger partial charge is 0.257 e. The Morgan fingerprint density at radius 1 is 1.04 bits per heavy atom. The quantitative estimate of drug-likeness (QED) is 0.776. The number of pyridine rings is 1. The van der Waals surface area contributed by atoms with Gasteiger partial charge in [-0.05, 0) is 55.3 Å². The molecule has 3 rings (SSSR count). The minimum absolute atomic E-state index is 0.177. The highest BCUT2D eigenvalue weighted by Gasteiger charge is 2.09. The molecule has 0 atom stereocenters. The van der Waals surface area contributed by atoms with Crippen molar-refractivity contribution in [1.29, 1.82) is 0 Å². The average Bonchev–Trinajstić information content (AvgIpc) is 2.62. The molecule has 0 saturated carbocycles. The van der Waals surface area contributed by atoms with E-state index in [1.54, 1.807) is 6.20 Å². The van der Waals surface area contributed by atoms with Gasteiger partial charge in [-0.3, -0.25) is 9.59 Å². The summed E-state index contributed by atoms with van der Waals surface area (Å²) in [6, 6.07) is 14.5. The number of aryl methyl sites for hydroxylation is 2. The van der Waals surface area contributed by atoms with Gasteiger partial charge in [0.25, 0.3) is 11.5 Å². The molecule has 0 saturated heterocycles. The van der Waals surface area contributed by atoms with Gasteiger partial charge in [0.15, 0.2) is 0 Å². The molecule has 1 aromatic heterocycles. The molecule has 0 fully saturated rings. The molecule has 0 aliphatic heterocycles. The Hall–Kier alpha value is -3.21. The zero-order valence-corrected chi connectivity index (χ0v) is 14.6. The highest BCUT2D eigenvalue weighted by atomic mass is 19.1. The minimum Gasteiger partial charge on any atom is -0.322 e. The Morgan fingerprint density at radius 3 is 2.50 bits per heavy atom. The van der Waals surface area contributed by atoms with Crippen LogP contribution in [0, 0.1) is 19.7 Å². The first kappa shape index (κ1) is 17.6. The number of aromatic nitrogens is 1. The molecular formula is C21H19FN2O2. The molecule has 2 aromatic carbocycles. The van der Waals surface area contributed by atoms with Gasteiger partial charge >= 0.3 is 0 Å². The van der Waals surface area contributed by atoms with Crippen molar-refractivity contribution in [2.24, 2.45) is 0 Å². The second kappa shape index (κ2) is 7.35. The Bertz CT molecular complexity index is 1010. The lowest BCUT2D eigenvalue weighted by Crippen LogP contribution is -2.23. The molecule has 5 heteroatoms. The largest absolute Gasteiger partial charge is 0.322 e. The van der Waals surface area contributed by atoms with E-state index in [1.807, 2.05) is 32.0 Å². The topological polar surface area (TPSA) is 51.1 Å². The van der Waals surface area contributed by atoms with E-state index in [4.69, 9.17) is 0 Å². The van der Waals surface area contributed by atoms with E-state index in [1.165, 1.54) is 41.0 Å². The third kappa shape index (κ3) is 4.06. The van der Waals surface area contributed by atoms with Crippen molar-refractivity contribution in [3.8, 4) is 0 Å². The zero-order valence-electron chi connectivity index (χ0n) is 14.6. The van der Waals surface area contributed by atoms with Gasteiger partial charge in [0.1, 0.15) is 5.82 Å². The van der Waals surface area contributed by atoms with Crippen LogP contribution in [-0.2, 0) is 6.54 Å².